The van der Waals surface area contributed by atoms with Crippen LogP contribution in [0.5, 0.6) is 0 Å². The molecule has 0 radical (unpaired) electrons. The van der Waals surface area contributed by atoms with E-state index < -0.39 is 5.82 Å². The number of benzene rings is 2. The average Bonchev–Trinajstić information content (AvgIpc) is 2.48. The van der Waals surface area contributed by atoms with Gasteiger partial charge >= 0.3 is 0 Å². The van der Waals surface area contributed by atoms with Gasteiger partial charge in [0, 0.05) is 10.3 Å². The minimum atomic E-state index is -0.525. The minimum Gasteiger partial charge on any atom is -0.298 e. The van der Waals surface area contributed by atoms with E-state index >= 15 is 0 Å². The molecule has 3 nitrogen and oxygen atoms in total. The Morgan fingerprint density at radius 2 is 1.90 bits per heavy atom. The predicted octanol–water partition coefficient (Wildman–Crippen LogP) is 3.73. The Labute approximate surface area is 118 Å². The second-order valence-corrected chi connectivity index (χ2v) is 5.10. The summed E-state index contributed by atoms with van der Waals surface area (Å²) in [7, 11) is 0. The summed E-state index contributed by atoms with van der Waals surface area (Å²) >= 11 is 1.26. The summed E-state index contributed by atoms with van der Waals surface area (Å²) in [5.74, 6) is -0.525. The Morgan fingerprint density at radius 1 is 1.05 bits per heavy atom. The van der Waals surface area contributed by atoms with Gasteiger partial charge in [-0.15, -0.1) is 0 Å². The van der Waals surface area contributed by atoms with Crippen molar-refractivity contribution in [1.82, 2.24) is 9.97 Å². The third kappa shape index (κ3) is 2.28. The Hall–Kier alpha value is -2.27. The van der Waals surface area contributed by atoms with Crippen LogP contribution in [-0.4, -0.2) is 16.3 Å². The first-order valence-corrected chi connectivity index (χ1v) is 6.72. The van der Waals surface area contributed by atoms with Crippen LogP contribution in [0.3, 0.4) is 0 Å². The molecule has 0 spiro atoms. The van der Waals surface area contributed by atoms with E-state index in [0.29, 0.717) is 16.2 Å². The number of fused-ring (bicyclic) bond motifs is 1. The van der Waals surface area contributed by atoms with Gasteiger partial charge in [0.05, 0.1) is 11.1 Å². The van der Waals surface area contributed by atoms with E-state index in [1.54, 1.807) is 12.1 Å². The van der Waals surface area contributed by atoms with Crippen molar-refractivity contribution < 1.29 is 9.18 Å². The molecule has 0 aliphatic rings. The molecule has 1 heterocycles. The molecule has 0 saturated carbocycles. The SMILES string of the molecule is O=Cc1c(F)cccc1Sc1ncnc2ccccc12. The monoisotopic (exact) mass is 284 g/mol. The highest BCUT2D eigenvalue weighted by atomic mass is 32.2. The summed E-state index contributed by atoms with van der Waals surface area (Å²) in [6, 6.07) is 12.1. The fourth-order valence-electron chi connectivity index (χ4n) is 1.89. The zero-order valence-corrected chi connectivity index (χ0v) is 11.1. The average molecular weight is 284 g/mol. The Kier molecular flexibility index (Phi) is 3.43. The number of para-hydroxylation sites is 1. The maximum Gasteiger partial charge on any atom is 0.154 e. The van der Waals surface area contributed by atoms with Gasteiger partial charge in [0.15, 0.2) is 6.29 Å². The minimum absolute atomic E-state index is 0.0557. The predicted molar refractivity (Wildman–Crippen MR) is 75.4 cm³/mol. The molecule has 0 unspecified atom stereocenters. The summed E-state index contributed by atoms with van der Waals surface area (Å²) in [5.41, 5.74) is 0.870. The van der Waals surface area contributed by atoms with E-state index in [2.05, 4.69) is 9.97 Å². The standard InChI is InChI=1S/C15H9FN2OS/c16-12-5-3-7-14(11(12)8-19)20-15-10-4-1-2-6-13(10)17-9-18-15/h1-9H. The highest BCUT2D eigenvalue weighted by Crippen LogP contribution is 2.33. The zero-order chi connectivity index (χ0) is 13.9. The van der Waals surface area contributed by atoms with Crippen molar-refractivity contribution in [1.29, 1.82) is 0 Å². The highest BCUT2D eigenvalue weighted by molar-refractivity contribution is 7.99. The van der Waals surface area contributed by atoms with Gasteiger partial charge in [-0.2, -0.15) is 0 Å². The van der Waals surface area contributed by atoms with Crippen molar-refractivity contribution >= 4 is 29.0 Å². The number of hydrogen-bond donors (Lipinski definition) is 0. The number of nitrogens with zero attached hydrogens (tertiary/aromatic N) is 2. The van der Waals surface area contributed by atoms with Gasteiger partial charge in [-0.05, 0) is 18.2 Å². The van der Waals surface area contributed by atoms with E-state index in [1.807, 2.05) is 24.3 Å². The summed E-state index contributed by atoms with van der Waals surface area (Å²) in [4.78, 5) is 20.0. The molecule has 5 heteroatoms. The van der Waals surface area contributed by atoms with Crippen LogP contribution >= 0.6 is 11.8 Å². The topological polar surface area (TPSA) is 42.9 Å². The number of halogens is 1. The van der Waals surface area contributed by atoms with Crippen LogP contribution < -0.4 is 0 Å². The first-order valence-electron chi connectivity index (χ1n) is 5.91. The van der Waals surface area contributed by atoms with Gasteiger partial charge in [-0.25, -0.2) is 14.4 Å². The van der Waals surface area contributed by atoms with Gasteiger partial charge in [-0.3, -0.25) is 4.79 Å². The maximum absolute atomic E-state index is 13.6. The van der Waals surface area contributed by atoms with Gasteiger partial charge in [-0.1, -0.05) is 36.0 Å². The zero-order valence-electron chi connectivity index (χ0n) is 10.3. The highest BCUT2D eigenvalue weighted by Gasteiger charge is 2.11. The molecule has 3 rings (SSSR count). The second kappa shape index (κ2) is 5.38. The summed E-state index contributed by atoms with van der Waals surface area (Å²) < 4.78 is 13.6. The van der Waals surface area contributed by atoms with E-state index in [-0.39, 0.29) is 5.56 Å². The van der Waals surface area contributed by atoms with E-state index in [9.17, 15) is 9.18 Å². The van der Waals surface area contributed by atoms with Crippen molar-refractivity contribution in [2.24, 2.45) is 0 Å². The number of carbonyl (C=O) groups excluding carboxylic acids is 1. The van der Waals surface area contributed by atoms with E-state index in [1.165, 1.54) is 24.2 Å². The fraction of sp³-hybridized carbons (Fsp3) is 0. The molecular formula is C15H9FN2OS. The van der Waals surface area contributed by atoms with Gasteiger partial charge in [0.1, 0.15) is 17.2 Å². The van der Waals surface area contributed by atoms with E-state index in [4.69, 9.17) is 0 Å². The van der Waals surface area contributed by atoms with Gasteiger partial charge in [0.25, 0.3) is 0 Å². The Bertz CT molecular complexity index is 786. The Balaban J connectivity index is 2.10. The van der Waals surface area contributed by atoms with Crippen molar-refractivity contribution in [2.45, 2.75) is 9.92 Å². The quantitative estimate of drug-likeness (QED) is 0.543. The van der Waals surface area contributed by atoms with Crippen molar-refractivity contribution in [3.63, 3.8) is 0 Å². The van der Waals surface area contributed by atoms with Crippen molar-refractivity contribution in [2.75, 3.05) is 0 Å². The van der Waals surface area contributed by atoms with Crippen LogP contribution in [-0.2, 0) is 0 Å². The molecule has 2 aromatic carbocycles. The molecule has 0 amide bonds. The second-order valence-electron chi connectivity index (χ2n) is 4.07. The molecule has 98 valence electrons. The van der Waals surface area contributed by atoms with Crippen LogP contribution in [0.2, 0.25) is 0 Å². The lowest BCUT2D eigenvalue weighted by Crippen LogP contribution is -1.92. The Morgan fingerprint density at radius 3 is 2.75 bits per heavy atom. The van der Waals surface area contributed by atoms with Crippen LogP contribution in [0.4, 0.5) is 4.39 Å². The molecule has 0 atom stereocenters. The molecule has 0 fully saturated rings. The van der Waals surface area contributed by atoms with Crippen LogP contribution in [0, 0.1) is 5.82 Å². The van der Waals surface area contributed by atoms with Gasteiger partial charge in [0.2, 0.25) is 0 Å². The van der Waals surface area contributed by atoms with E-state index in [0.717, 1.165) is 10.9 Å². The lowest BCUT2D eigenvalue weighted by molar-refractivity contribution is 0.111. The largest absolute Gasteiger partial charge is 0.298 e. The summed E-state index contributed by atoms with van der Waals surface area (Å²) in [6.45, 7) is 0. The molecule has 0 N–H and O–H groups in total. The number of rotatable bonds is 3. The lowest BCUT2D eigenvalue weighted by Gasteiger charge is -2.06. The van der Waals surface area contributed by atoms with Crippen LogP contribution in [0.25, 0.3) is 10.9 Å². The third-order valence-electron chi connectivity index (χ3n) is 2.84. The molecule has 3 aromatic rings. The van der Waals surface area contributed by atoms with Crippen molar-refractivity contribution in [3.05, 3.63) is 60.2 Å². The molecule has 0 bridgehead atoms. The number of carbonyl (C=O) groups is 1. The molecular weight excluding hydrogens is 275 g/mol. The third-order valence-corrected chi connectivity index (χ3v) is 3.94. The van der Waals surface area contributed by atoms with Crippen LogP contribution in [0.15, 0.2) is 58.7 Å². The fourth-order valence-corrected chi connectivity index (χ4v) is 2.88. The number of aldehydes is 1. The smallest absolute Gasteiger partial charge is 0.154 e. The molecule has 1 aromatic heterocycles. The normalized spacial score (nSPS) is 10.7. The number of aromatic nitrogens is 2. The lowest BCUT2D eigenvalue weighted by atomic mass is 10.2. The van der Waals surface area contributed by atoms with Gasteiger partial charge < -0.3 is 0 Å². The first kappa shape index (κ1) is 12.7. The molecule has 20 heavy (non-hydrogen) atoms. The first-order chi connectivity index (χ1) is 9.79. The summed E-state index contributed by atoms with van der Waals surface area (Å²) in [5, 5.41) is 1.57. The summed E-state index contributed by atoms with van der Waals surface area (Å²) in [6.07, 6.45) is 1.99. The molecule has 0 aliphatic carbocycles. The number of hydrogen-bond acceptors (Lipinski definition) is 4. The van der Waals surface area contributed by atoms with Crippen molar-refractivity contribution in [3.8, 4) is 0 Å². The molecule has 0 aliphatic heterocycles. The van der Waals surface area contributed by atoms with Crippen LogP contribution in [0.1, 0.15) is 10.4 Å². The maximum atomic E-state index is 13.6. The molecule has 0 saturated heterocycles.